The standard InChI is InChI=1S/C23H31NO3/c1-5-6-15-7-9-16(10-8-15)14(4)24-22(25)20-17-11-12-18(19(17)13(2)3)21(20)23(26)27/h7-10,14,17-18,20-21H,5-6,11-12H2,1-4H3,(H,24,25)(H,26,27)/t14-,17+,18-,20-,21-/m0/s1. The van der Waals surface area contributed by atoms with Crippen LogP contribution < -0.4 is 5.32 Å². The first-order valence-corrected chi connectivity index (χ1v) is 10.1. The lowest BCUT2D eigenvalue weighted by Gasteiger charge is -2.28. The summed E-state index contributed by atoms with van der Waals surface area (Å²) in [5.74, 6) is -1.88. The van der Waals surface area contributed by atoms with Gasteiger partial charge in [-0.3, -0.25) is 9.59 Å². The summed E-state index contributed by atoms with van der Waals surface area (Å²) in [6.45, 7) is 8.21. The molecule has 4 nitrogen and oxygen atoms in total. The van der Waals surface area contributed by atoms with Gasteiger partial charge >= 0.3 is 5.97 Å². The van der Waals surface area contributed by atoms with E-state index in [1.807, 2.05) is 20.8 Å². The van der Waals surface area contributed by atoms with E-state index in [-0.39, 0.29) is 23.8 Å². The summed E-state index contributed by atoms with van der Waals surface area (Å²) in [5.41, 5.74) is 4.76. The minimum absolute atomic E-state index is 0.0249. The smallest absolute Gasteiger partial charge is 0.307 e. The van der Waals surface area contributed by atoms with Crippen molar-refractivity contribution < 1.29 is 14.7 Å². The number of hydrogen-bond donors (Lipinski definition) is 2. The molecule has 0 heterocycles. The van der Waals surface area contributed by atoms with E-state index in [9.17, 15) is 14.7 Å². The van der Waals surface area contributed by atoms with Gasteiger partial charge in [-0.1, -0.05) is 48.8 Å². The molecule has 0 saturated heterocycles. The maximum atomic E-state index is 13.1. The lowest BCUT2D eigenvalue weighted by atomic mass is 9.78. The van der Waals surface area contributed by atoms with Crippen molar-refractivity contribution >= 4 is 11.9 Å². The number of carbonyl (C=O) groups is 2. The molecule has 0 radical (unpaired) electrons. The molecule has 2 aliphatic carbocycles. The predicted molar refractivity (Wildman–Crippen MR) is 106 cm³/mol. The molecule has 2 saturated carbocycles. The third-order valence-corrected chi connectivity index (χ3v) is 6.38. The number of benzene rings is 1. The number of amides is 1. The summed E-state index contributed by atoms with van der Waals surface area (Å²) >= 11 is 0. The van der Waals surface area contributed by atoms with Gasteiger partial charge in [-0.2, -0.15) is 0 Å². The maximum absolute atomic E-state index is 13.1. The van der Waals surface area contributed by atoms with Crippen LogP contribution in [0.5, 0.6) is 0 Å². The van der Waals surface area contributed by atoms with Gasteiger partial charge in [-0.25, -0.2) is 0 Å². The minimum atomic E-state index is -0.835. The monoisotopic (exact) mass is 369 g/mol. The minimum Gasteiger partial charge on any atom is -0.481 e. The van der Waals surface area contributed by atoms with Gasteiger partial charge in [0.1, 0.15) is 0 Å². The molecule has 0 unspecified atom stereocenters. The highest BCUT2D eigenvalue weighted by Crippen LogP contribution is 2.57. The van der Waals surface area contributed by atoms with Crippen LogP contribution in [0.2, 0.25) is 0 Å². The van der Waals surface area contributed by atoms with E-state index < -0.39 is 17.8 Å². The summed E-state index contributed by atoms with van der Waals surface area (Å²) in [6.07, 6.45) is 3.98. The van der Waals surface area contributed by atoms with Crippen molar-refractivity contribution in [3.05, 3.63) is 46.5 Å². The Kier molecular flexibility index (Phi) is 5.73. The van der Waals surface area contributed by atoms with Crippen LogP contribution in [0.25, 0.3) is 0 Å². The van der Waals surface area contributed by atoms with Gasteiger partial charge < -0.3 is 10.4 Å². The largest absolute Gasteiger partial charge is 0.481 e. The SMILES string of the molecule is CCCc1ccc([C@H](C)NC(=O)[C@@H]2[C@@H](C(=O)O)[C@H]3CC[C@@H]2C3=C(C)C)cc1. The van der Waals surface area contributed by atoms with Crippen LogP contribution in [0.3, 0.4) is 0 Å². The number of carboxylic acids is 1. The molecular formula is C23H31NO3. The topological polar surface area (TPSA) is 66.4 Å². The van der Waals surface area contributed by atoms with E-state index in [0.717, 1.165) is 31.2 Å². The molecule has 0 aliphatic heterocycles. The zero-order chi connectivity index (χ0) is 19.7. The average molecular weight is 370 g/mol. The Morgan fingerprint density at radius 3 is 2.22 bits per heavy atom. The van der Waals surface area contributed by atoms with Crippen LogP contribution >= 0.6 is 0 Å². The Labute approximate surface area is 162 Å². The molecule has 2 N–H and O–H groups in total. The molecule has 0 spiro atoms. The maximum Gasteiger partial charge on any atom is 0.307 e. The molecule has 0 aromatic heterocycles. The van der Waals surface area contributed by atoms with Crippen LogP contribution in [0.1, 0.15) is 64.1 Å². The average Bonchev–Trinajstić information content (AvgIpc) is 3.18. The third-order valence-electron chi connectivity index (χ3n) is 6.38. The lowest BCUT2D eigenvalue weighted by Crippen LogP contribution is -2.42. The Hall–Kier alpha value is -2.10. The summed E-state index contributed by atoms with van der Waals surface area (Å²) in [6, 6.07) is 8.22. The highest BCUT2D eigenvalue weighted by Gasteiger charge is 2.57. The molecule has 2 aliphatic rings. The highest BCUT2D eigenvalue weighted by molar-refractivity contribution is 5.87. The number of carbonyl (C=O) groups excluding carboxylic acids is 1. The third kappa shape index (κ3) is 3.67. The fraction of sp³-hybridized carbons (Fsp3) is 0.565. The number of allylic oxidation sites excluding steroid dienone is 2. The zero-order valence-electron chi connectivity index (χ0n) is 16.8. The molecule has 2 bridgehead atoms. The van der Waals surface area contributed by atoms with Gasteiger partial charge in [0.15, 0.2) is 0 Å². The van der Waals surface area contributed by atoms with E-state index in [2.05, 4.69) is 36.5 Å². The Bertz CT molecular complexity index is 745. The second-order valence-corrected chi connectivity index (χ2v) is 8.36. The lowest BCUT2D eigenvalue weighted by molar-refractivity contribution is -0.149. The number of rotatable bonds is 6. The van der Waals surface area contributed by atoms with E-state index in [1.165, 1.54) is 16.7 Å². The van der Waals surface area contributed by atoms with E-state index in [4.69, 9.17) is 0 Å². The molecule has 27 heavy (non-hydrogen) atoms. The van der Waals surface area contributed by atoms with Gasteiger partial charge in [0, 0.05) is 0 Å². The van der Waals surface area contributed by atoms with E-state index >= 15 is 0 Å². The van der Waals surface area contributed by atoms with Crippen molar-refractivity contribution in [1.29, 1.82) is 0 Å². The zero-order valence-corrected chi connectivity index (χ0v) is 16.8. The summed E-state index contributed by atoms with van der Waals surface area (Å²) in [7, 11) is 0. The molecule has 1 aromatic carbocycles. The van der Waals surface area contributed by atoms with Crippen LogP contribution in [-0.2, 0) is 16.0 Å². The van der Waals surface area contributed by atoms with Gasteiger partial charge in [-0.15, -0.1) is 0 Å². The number of fused-ring (bicyclic) bond motifs is 2. The van der Waals surface area contributed by atoms with Crippen molar-refractivity contribution in [2.45, 2.75) is 59.4 Å². The van der Waals surface area contributed by atoms with Gasteiger partial charge in [-0.05, 0) is 63.0 Å². The summed E-state index contributed by atoms with van der Waals surface area (Å²) in [5, 5.41) is 12.9. The summed E-state index contributed by atoms with van der Waals surface area (Å²) in [4.78, 5) is 25.0. The van der Waals surface area contributed by atoms with Crippen molar-refractivity contribution in [1.82, 2.24) is 5.32 Å². The number of hydrogen-bond acceptors (Lipinski definition) is 2. The molecular weight excluding hydrogens is 338 g/mol. The Morgan fingerprint density at radius 2 is 1.70 bits per heavy atom. The molecule has 2 fully saturated rings. The first-order chi connectivity index (χ1) is 12.8. The first kappa shape index (κ1) is 19.7. The van der Waals surface area contributed by atoms with Crippen LogP contribution in [-0.4, -0.2) is 17.0 Å². The van der Waals surface area contributed by atoms with Crippen molar-refractivity contribution in [3.8, 4) is 0 Å². The van der Waals surface area contributed by atoms with E-state index in [1.54, 1.807) is 0 Å². The number of aliphatic carboxylic acids is 1. The van der Waals surface area contributed by atoms with Crippen LogP contribution in [0.15, 0.2) is 35.4 Å². The molecule has 1 aromatic rings. The van der Waals surface area contributed by atoms with Crippen molar-refractivity contribution in [3.63, 3.8) is 0 Å². The number of aryl methyl sites for hydroxylation is 1. The number of nitrogens with one attached hydrogen (secondary N) is 1. The molecule has 3 rings (SSSR count). The fourth-order valence-corrected chi connectivity index (χ4v) is 5.26. The van der Waals surface area contributed by atoms with Crippen molar-refractivity contribution in [2.75, 3.05) is 0 Å². The quantitative estimate of drug-likeness (QED) is 0.725. The molecule has 1 amide bonds. The number of carboxylic acid groups (broad SMARTS) is 1. The predicted octanol–water partition coefficient (Wildman–Crippen LogP) is 4.51. The summed E-state index contributed by atoms with van der Waals surface area (Å²) < 4.78 is 0. The van der Waals surface area contributed by atoms with Gasteiger partial charge in [0.2, 0.25) is 5.91 Å². The van der Waals surface area contributed by atoms with E-state index in [0.29, 0.717) is 0 Å². The Morgan fingerprint density at radius 1 is 1.11 bits per heavy atom. The van der Waals surface area contributed by atoms with Crippen molar-refractivity contribution in [2.24, 2.45) is 23.7 Å². The van der Waals surface area contributed by atoms with Gasteiger partial charge in [0.25, 0.3) is 0 Å². The van der Waals surface area contributed by atoms with Crippen LogP contribution in [0, 0.1) is 23.7 Å². The molecule has 146 valence electrons. The fourth-order valence-electron chi connectivity index (χ4n) is 5.26. The molecule has 4 heteroatoms. The van der Waals surface area contributed by atoms with Gasteiger partial charge in [0.05, 0.1) is 17.9 Å². The normalized spacial score (nSPS) is 27.5. The highest BCUT2D eigenvalue weighted by atomic mass is 16.4. The molecule has 5 atom stereocenters. The second kappa shape index (κ2) is 7.87. The van der Waals surface area contributed by atoms with Crippen LogP contribution in [0.4, 0.5) is 0 Å². The first-order valence-electron chi connectivity index (χ1n) is 10.1. The second-order valence-electron chi connectivity index (χ2n) is 8.36. The Balaban J connectivity index is 1.76.